The highest BCUT2D eigenvalue weighted by Gasteiger charge is 2.73. The van der Waals surface area contributed by atoms with E-state index in [0.717, 1.165) is 102 Å². The number of piperidine rings is 2. The second-order valence-corrected chi connectivity index (χ2v) is 24.5. The summed E-state index contributed by atoms with van der Waals surface area (Å²) < 4.78 is 20.7. The second-order valence-electron chi connectivity index (χ2n) is 24.5. The number of fused-ring (bicyclic) bond motifs is 6. The lowest BCUT2D eigenvalue weighted by Crippen LogP contribution is -2.81. The molecule has 8 nitrogen and oxygen atoms in total. The van der Waals surface area contributed by atoms with E-state index in [2.05, 4.69) is 130 Å². The van der Waals surface area contributed by atoms with Crippen molar-refractivity contribution in [3.63, 3.8) is 0 Å². The number of hydrogen-bond acceptors (Lipinski definition) is 8. The number of aromatic hydroxyl groups is 1. The van der Waals surface area contributed by atoms with Crippen molar-refractivity contribution in [3.05, 3.63) is 166 Å². The Bertz CT molecular complexity index is 2710. The molecule has 8 bridgehead atoms. The molecule has 6 aliphatic carbocycles. The van der Waals surface area contributed by atoms with Crippen molar-refractivity contribution in [2.24, 2.45) is 17.6 Å². The molecule has 4 saturated carbocycles. The minimum absolute atomic E-state index is 0. The number of ether oxygens (including phenoxy) is 3. The smallest absolute Gasteiger partial charge is 0.120 e. The van der Waals surface area contributed by atoms with Crippen molar-refractivity contribution in [2.75, 3.05) is 39.4 Å². The van der Waals surface area contributed by atoms with Gasteiger partial charge in [-0.1, -0.05) is 103 Å². The molecule has 6 saturated heterocycles. The van der Waals surface area contributed by atoms with Crippen molar-refractivity contribution in [1.82, 2.24) is 14.7 Å². The number of hydrogen-bond donors (Lipinski definition) is 2. The highest BCUT2D eigenvalue weighted by molar-refractivity contribution is 5.52. The Hall–Kier alpha value is -4.54. The van der Waals surface area contributed by atoms with Crippen molar-refractivity contribution in [3.8, 4) is 11.5 Å². The van der Waals surface area contributed by atoms with Gasteiger partial charge in [0.1, 0.15) is 18.1 Å². The number of benzene rings is 5. The zero-order valence-electron chi connectivity index (χ0n) is 41.8. The monoisotopic (exact) mass is 953 g/mol. The van der Waals surface area contributed by atoms with E-state index in [0.29, 0.717) is 31.0 Å². The van der Waals surface area contributed by atoms with Crippen LogP contribution in [-0.2, 0) is 52.8 Å². The summed E-state index contributed by atoms with van der Waals surface area (Å²) in [4.78, 5) is 8.41. The molecular weight excluding hydrogens is 877 g/mol. The average molecular weight is 953 g/mol. The molecule has 71 heavy (non-hydrogen) atoms. The van der Waals surface area contributed by atoms with Crippen LogP contribution in [0.2, 0.25) is 0 Å². The Labute approximate surface area is 423 Å². The van der Waals surface area contributed by atoms with E-state index in [1.54, 1.807) is 0 Å². The first kappa shape index (κ1) is 45.1. The van der Waals surface area contributed by atoms with Gasteiger partial charge in [-0.2, -0.15) is 0 Å². The number of nitrogens with two attached hydrogens (primary N) is 1. The van der Waals surface area contributed by atoms with Crippen molar-refractivity contribution in [2.45, 2.75) is 155 Å². The highest BCUT2D eigenvalue weighted by atomic mass is 16.5. The topological polar surface area (TPSA) is 83.7 Å². The molecule has 17 rings (SSSR count). The van der Waals surface area contributed by atoms with Gasteiger partial charge in [0.2, 0.25) is 0 Å². The normalized spacial score (nSPS) is 35.1. The lowest BCUT2D eigenvalue weighted by Gasteiger charge is -2.73. The standard InChI is InChI=1S/C42H46N2O2.C21H28N2O2.H2/c1-4-10-32(11-5-1)27-44(28-33-12-6-2-7-13-33)40-20-21-42(46-31-40)39-24-36-18-19-37(45-29-35-14-8-3-9-15-35)25-38(36)41(42,30-40)22-23-43(39)26-34-16-17-34;22-19-5-6-21(25-13-19)18-9-15-3-4-16(24)10-17(15)20(21,12-19)7-8-23(18)11-14-1-2-14;/h1-15,18-19,25,34,39H,16-17,20-24,26-31H2;3-4,10,14,18,24H,1-2,5-9,11-13,22H2;1H/t39-,40+,41-,42-;18-,19+,20-,21-;/m11./s1. The molecule has 3 N–H and O–H groups in total. The van der Waals surface area contributed by atoms with E-state index in [1.165, 1.54) is 90.7 Å². The van der Waals surface area contributed by atoms with Gasteiger partial charge in [-0.05, 0) is 178 Å². The minimum atomic E-state index is -0.189. The first-order valence-corrected chi connectivity index (χ1v) is 27.7. The maximum Gasteiger partial charge on any atom is 0.120 e. The van der Waals surface area contributed by atoms with E-state index in [1.807, 2.05) is 12.1 Å². The van der Waals surface area contributed by atoms with Crippen LogP contribution in [0.15, 0.2) is 127 Å². The molecule has 8 atom stereocenters. The van der Waals surface area contributed by atoms with Crippen molar-refractivity contribution < 1.29 is 20.7 Å². The van der Waals surface area contributed by atoms with Crippen LogP contribution in [0.4, 0.5) is 0 Å². The van der Waals surface area contributed by atoms with Crippen LogP contribution in [-0.4, -0.2) is 93.6 Å². The van der Waals surface area contributed by atoms with E-state index in [4.69, 9.17) is 19.9 Å². The molecule has 0 aromatic heterocycles. The fraction of sp³-hybridized carbons (Fsp3) is 0.524. The molecule has 2 spiro atoms. The summed E-state index contributed by atoms with van der Waals surface area (Å²) >= 11 is 0. The molecule has 6 heterocycles. The van der Waals surface area contributed by atoms with Crippen LogP contribution >= 0.6 is 0 Å². The predicted molar refractivity (Wildman–Crippen MR) is 280 cm³/mol. The fourth-order valence-electron chi connectivity index (χ4n) is 16.7. The molecule has 372 valence electrons. The van der Waals surface area contributed by atoms with Crippen LogP contribution < -0.4 is 10.5 Å². The number of phenols is 1. The van der Waals surface area contributed by atoms with E-state index < -0.39 is 0 Å². The summed E-state index contributed by atoms with van der Waals surface area (Å²) in [7, 11) is 0. The molecule has 6 aliphatic heterocycles. The van der Waals surface area contributed by atoms with Crippen LogP contribution in [0.1, 0.15) is 117 Å². The number of nitrogens with zero attached hydrogens (tertiary/aromatic N) is 3. The second kappa shape index (κ2) is 17.0. The van der Waals surface area contributed by atoms with Crippen LogP contribution in [0.25, 0.3) is 0 Å². The summed E-state index contributed by atoms with van der Waals surface area (Å²) in [6.45, 7) is 8.81. The summed E-state index contributed by atoms with van der Waals surface area (Å²) in [5, 5.41) is 10.2. The Kier molecular flexibility index (Phi) is 10.8. The third-order valence-electron chi connectivity index (χ3n) is 20.4. The molecule has 10 fully saturated rings. The first-order chi connectivity index (χ1) is 34.7. The van der Waals surface area contributed by atoms with Gasteiger partial charge in [0.15, 0.2) is 0 Å². The maximum absolute atomic E-state index is 10.2. The molecule has 0 amide bonds. The van der Waals surface area contributed by atoms with E-state index >= 15 is 0 Å². The number of likely N-dealkylation sites (tertiary alicyclic amines) is 2. The summed E-state index contributed by atoms with van der Waals surface area (Å²) in [6.07, 6.45) is 16.7. The first-order valence-electron chi connectivity index (χ1n) is 27.7. The SMILES string of the molecule is N[C@]12CC[C@@]3(OC1)[C@H]1Cc4ccc(O)cc4[C@@]3(CCN1CC1CC1)C2.[HH].c1ccc(COc2ccc3c(c2)[C@]24CCN(CC5CC5)[C@H](C3)[C@]23CC[C@@](N(Cc2ccccc2)Cc2ccccc2)(CO3)C4)cc1. The molecule has 0 radical (unpaired) electrons. The van der Waals surface area contributed by atoms with Gasteiger partial charge in [0.05, 0.1) is 24.4 Å². The van der Waals surface area contributed by atoms with E-state index in [-0.39, 0.29) is 34.5 Å². The van der Waals surface area contributed by atoms with Gasteiger partial charge >= 0.3 is 0 Å². The third kappa shape index (κ3) is 7.42. The fourth-order valence-corrected chi connectivity index (χ4v) is 16.7. The van der Waals surface area contributed by atoms with Gasteiger partial charge in [-0.25, -0.2) is 0 Å². The third-order valence-corrected chi connectivity index (χ3v) is 20.4. The Balaban J connectivity index is 0.000000163. The number of rotatable bonds is 12. The summed E-state index contributed by atoms with van der Waals surface area (Å²) in [5.74, 6) is 3.17. The van der Waals surface area contributed by atoms with Crippen molar-refractivity contribution in [1.29, 1.82) is 0 Å². The largest absolute Gasteiger partial charge is 0.508 e. The van der Waals surface area contributed by atoms with Gasteiger partial charge < -0.3 is 25.1 Å². The molecule has 5 aromatic carbocycles. The van der Waals surface area contributed by atoms with Crippen LogP contribution in [0, 0.1) is 11.8 Å². The van der Waals surface area contributed by atoms with Gasteiger partial charge in [-0.3, -0.25) is 14.7 Å². The lowest BCUT2D eigenvalue weighted by atomic mass is 9.45. The quantitative estimate of drug-likeness (QED) is 0.128. The van der Waals surface area contributed by atoms with Gasteiger partial charge in [0.25, 0.3) is 0 Å². The predicted octanol–water partition coefficient (Wildman–Crippen LogP) is 10.5. The zero-order valence-corrected chi connectivity index (χ0v) is 41.8. The highest BCUT2D eigenvalue weighted by Crippen LogP contribution is 2.67. The lowest BCUT2D eigenvalue weighted by molar-refractivity contribution is -0.283. The average Bonchev–Trinajstić information content (AvgIpc) is 4.37. The van der Waals surface area contributed by atoms with Crippen LogP contribution in [0.5, 0.6) is 11.5 Å². The summed E-state index contributed by atoms with van der Waals surface area (Å²) in [6, 6.07) is 46.8. The van der Waals surface area contributed by atoms with E-state index in [9.17, 15) is 5.11 Å². The Morgan fingerprint density at radius 2 is 1.13 bits per heavy atom. The molecule has 12 aliphatic rings. The van der Waals surface area contributed by atoms with Crippen LogP contribution in [0.3, 0.4) is 0 Å². The maximum atomic E-state index is 10.2. The number of phenolic OH excluding ortho intramolecular Hbond substituents is 1. The minimum Gasteiger partial charge on any atom is -0.508 e. The zero-order chi connectivity index (χ0) is 47.5. The molecule has 8 heteroatoms. The van der Waals surface area contributed by atoms with Gasteiger partial charge in [-0.15, -0.1) is 0 Å². The molecule has 5 aromatic rings. The Morgan fingerprint density at radius 1 is 0.592 bits per heavy atom. The Morgan fingerprint density at radius 3 is 1.68 bits per heavy atom. The molecular formula is C63H76N4O4. The summed E-state index contributed by atoms with van der Waals surface area (Å²) in [5.41, 5.74) is 16.1. The van der Waals surface area contributed by atoms with Gasteiger partial charge in [0, 0.05) is 61.6 Å². The molecule has 0 unspecified atom stereocenters. The van der Waals surface area contributed by atoms with Crippen molar-refractivity contribution >= 4 is 0 Å².